The van der Waals surface area contributed by atoms with Crippen molar-refractivity contribution in [2.45, 2.75) is 0 Å². The second-order valence-electron chi connectivity index (χ2n) is 6.19. The summed E-state index contributed by atoms with van der Waals surface area (Å²) in [6.45, 7) is 0. The lowest BCUT2D eigenvalue weighted by molar-refractivity contribution is 0.484. The van der Waals surface area contributed by atoms with Crippen LogP contribution in [-0.4, -0.2) is 15.1 Å². The van der Waals surface area contributed by atoms with Crippen molar-refractivity contribution in [1.29, 1.82) is 0 Å². The quantitative estimate of drug-likeness (QED) is 0.326. The number of rotatable bonds is 1. The Morgan fingerprint density at radius 2 is 1.23 bits per heavy atom. The third-order valence-electron chi connectivity index (χ3n) is 4.61. The van der Waals surface area contributed by atoms with Gasteiger partial charge < -0.3 is 5.11 Å². The molecule has 0 saturated heterocycles. The van der Waals surface area contributed by atoms with Crippen molar-refractivity contribution in [1.82, 2.24) is 9.97 Å². The van der Waals surface area contributed by atoms with Gasteiger partial charge in [-0.1, -0.05) is 48.5 Å². The molecule has 124 valence electrons. The summed E-state index contributed by atoms with van der Waals surface area (Å²) in [5.41, 5.74) is 4.13. The van der Waals surface area contributed by atoms with Crippen LogP contribution in [0.4, 0.5) is 4.39 Å². The molecule has 4 heteroatoms. The van der Waals surface area contributed by atoms with Gasteiger partial charge >= 0.3 is 0 Å². The van der Waals surface area contributed by atoms with Crippen LogP contribution >= 0.6 is 0 Å². The van der Waals surface area contributed by atoms with Crippen LogP contribution in [0.25, 0.3) is 44.0 Å². The number of phenolic OH excluding ortho intramolecular Hbond substituents is 1. The summed E-state index contributed by atoms with van der Waals surface area (Å²) in [5, 5.41) is 12.5. The van der Waals surface area contributed by atoms with Crippen LogP contribution in [0.2, 0.25) is 0 Å². The van der Waals surface area contributed by atoms with E-state index in [2.05, 4.69) is 0 Å². The minimum Gasteiger partial charge on any atom is -0.507 e. The van der Waals surface area contributed by atoms with Crippen molar-refractivity contribution >= 4 is 32.8 Å². The summed E-state index contributed by atoms with van der Waals surface area (Å²) in [4.78, 5) is 9.57. The molecule has 0 radical (unpaired) electrons. The van der Waals surface area contributed by atoms with Crippen LogP contribution in [0.1, 0.15) is 0 Å². The van der Waals surface area contributed by atoms with Crippen molar-refractivity contribution in [3.63, 3.8) is 0 Å². The molecular formula is C22H13FN2O. The predicted molar refractivity (Wildman–Crippen MR) is 102 cm³/mol. The molecule has 0 aliphatic heterocycles. The van der Waals surface area contributed by atoms with Crippen molar-refractivity contribution in [2.75, 3.05) is 0 Å². The van der Waals surface area contributed by atoms with E-state index >= 15 is 0 Å². The molecule has 0 saturated carbocycles. The molecule has 0 unspecified atom stereocenters. The molecule has 26 heavy (non-hydrogen) atoms. The van der Waals surface area contributed by atoms with E-state index in [-0.39, 0.29) is 11.6 Å². The normalized spacial score (nSPS) is 11.4. The lowest BCUT2D eigenvalue weighted by Crippen LogP contribution is -1.93. The first-order valence-electron chi connectivity index (χ1n) is 8.28. The summed E-state index contributed by atoms with van der Waals surface area (Å²) in [5.74, 6) is -0.195. The van der Waals surface area contributed by atoms with E-state index < -0.39 is 0 Å². The van der Waals surface area contributed by atoms with Gasteiger partial charge in [0.05, 0.1) is 22.1 Å². The van der Waals surface area contributed by atoms with E-state index in [1.165, 1.54) is 12.1 Å². The summed E-state index contributed by atoms with van der Waals surface area (Å²) in [6, 6.07) is 21.3. The maximum Gasteiger partial charge on any atom is 0.133 e. The molecule has 5 rings (SSSR count). The lowest BCUT2D eigenvalue weighted by Gasteiger charge is -2.13. The van der Waals surface area contributed by atoms with E-state index in [1.54, 1.807) is 12.1 Å². The molecule has 0 bridgehead atoms. The standard InChI is InChI=1S/C22H13FN2O/c23-14-11-9-13(10-12-14)19-21-20(15-5-1-2-6-16(15)22(19)26)24-17-7-3-4-8-18(17)25-21/h1-12,26H. The van der Waals surface area contributed by atoms with E-state index in [0.717, 1.165) is 21.9 Å². The maximum absolute atomic E-state index is 13.4. The Morgan fingerprint density at radius 1 is 0.654 bits per heavy atom. The molecular weight excluding hydrogens is 327 g/mol. The summed E-state index contributed by atoms with van der Waals surface area (Å²) < 4.78 is 13.4. The molecule has 1 N–H and O–H groups in total. The van der Waals surface area contributed by atoms with Crippen LogP contribution in [0.15, 0.2) is 72.8 Å². The Labute approximate surface area is 148 Å². The molecule has 0 spiro atoms. The fraction of sp³-hybridized carbons (Fsp3) is 0. The third kappa shape index (κ3) is 2.12. The molecule has 4 aromatic carbocycles. The summed E-state index contributed by atoms with van der Waals surface area (Å²) >= 11 is 0. The van der Waals surface area contributed by atoms with E-state index in [4.69, 9.17) is 9.97 Å². The van der Waals surface area contributed by atoms with E-state index in [1.807, 2.05) is 48.5 Å². The number of hydrogen-bond acceptors (Lipinski definition) is 3. The van der Waals surface area contributed by atoms with Crippen LogP contribution < -0.4 is 0 Å². The molecule has 0 fully saturated rings. The minimum atomic E-state index is -0.324. The maximum atomic E-state index is 13.4. The number of phenols is 1. The Bertz CT molecular complexity index is 1300. The monoisotopic (exact) mass is 340 g/mol. The fourth-order valence-electron chi connectivity index (χ4n) is 3.40. The second-order valence-corrected chi connectivity index (χ2v) is 6.19. The molecule has 0 aliphatic carbocycles. The van der Waals surface area contributed by atoms with Crippen LogP contribution in [0.5, 0.6) is 5.75 Å². The van der Waals surface area contributed by atoms with Crippen molar-refractivity contribution in [3.05, 3.63) is 78.6 Å². The first-order valence-corrected chi connectivity index (χ1v) is 8.28. The zero-order valence-corrected chi connectivity index (χ0v) is 13.6. The Morgan fingerprint density at radius 3 is 1.92 bits per heavy atom. The molecule has 1 aromatic heterocycles. The van der Waals surface area contributed by atoms with Gasteiger partial charge in [0.1, 0.15) is 17.1 Å². The van der Waals surface area contributed by atoms with Gasteiger partial charge in [0.25, 0.3) is 0 Å². The summed E-state index contributed by atoms with van der Waals surface area (Å²) in [7, 11) is 0. The number of para-hydroxylation sites is 2. The average molecular weight is 340 g/mol. The zero-order chi connectivity index (χ0) is 17.7. The highest BCUT2D eigenvalue weighted by Gasteiger charge is 2.18. The van der Waals surface area contributed by atoms with Crippen molar-refractivity contribution in [2.24, 2.45) is 0 Å². The largest absolute Gasteiger partial charge is 0.507 e. The molecule has 0 atom stereocenters. The van der Waals surface area contributed by atoms with Gasteiger partial charge in [0, 0.05) is 10.8 Å². The Kier molecular flexibility index (Phi) is 3.12. The number of aromatic nitrogens is 2. The van der Waals surface area contributed by atoms with Crippen molar-refractivity contribution in [3.8, 4) is 16.9 Å². The van der Waals surface area contributed by atoms with Crippen LogP contribution in [0, 0.1) is 5.82 Å². The number of nitrogens with zero attached hydrogens (tertiary/aromatic N) is 2. The first-order chi connectivity index (χ1) is 12.7. The number of benzene rings is 4. The van der Waals surface area contributed by atoms with Gasteiger partial charge in [0.2, 0.25) is 0 Å². The topological polar surface area (TPSA) is 46.0 Å². The third-order valence-corrected chi connectivity index (χ3v) is 4.61. The highest BCUT2D eigenvalue weighted by molar-refractivity contribution is 6.15. The molecule has 3 nitrogen and oxygen atoms in total. The number of fused-ring (bicyclic) bond motifs is 4. The van der Waals surface area contributed by atoms with Gasteiger partial charge in [-0.05, 0) is 29.8 Å². The second kappa shape index (κ2) is 5.49. The number of aromatic hydroxyl groups is 1. The highest BCUT2D eigenvalue weighted by atomic mass is 19.1. The Hall–Kier alpha value is -3.53. The SMILES string of the molecule is Oc1c(-c2ccc(F)cc2)c2nc3ccccc3nc2c2ccccc12. The highest BCUT2D eigenvalue weighted by Crippen LogP contribution is 2.42. The van der Waals surface area contributed by atoms with Gasteiger partial charge in [-0.25, -0.2) is 14.4 Å². The van der Waals surface area contributed by atoms with Crippen LogP contribution in [0.3, 0.4) is 0 Å². The van der Waals surface area contributed by atoms with Gasteiger partial charge in [-0.3, -0.25) is 0 Å². The van der Waals surface area contributed by atoms with Crippen molar-refractivity contribution < 1.29 is 9.50 Å². The van der Waals surface area contributed by atoms with Gasteiger partial charge in [0.15, 0.2) is 0 Å². The molecule has 0 amide bonds. The zero-order valence-electron chi connectivity index (χ0n) is 13.6. The molecule has 0 aliphatic rings. The predicted octanol–water partition coefficient (Wildman–Crippen LogP) is 5.45. The number of hydrogen-bond donors (Lipinski definition) is 1. The lowest BCUT2D eigenvalue weighted by atomic mass is 9.97. The van der Waals surface area contributed by atoms with Crippen LogP contribution in [-0.2, 0) is 0 Å². The summed E-state index contributed by atoms with van der Waals surface area (Å²) in [6.07, 6.45) is 0. The minimum absolute atomic E-state index is 0.129. The molecule has 1 heterocycles. The first kappa shape index (κ1) is 14.8. The van der Waals surface area contributed by atoms with Gasteiger partial charge in [-0.15, -0.1) is 0 Å². The fourth-order valence-corrected chi connectivity index (χ4v) is 3.40. The molecule has 5 aromatic rings. The smallest absolute Gasteiger partial charge is 0.133 e. The van der Waals surface area contributed by atoms with E-state index in [9.17, 15) is 9.50 Å². The van der Waals surface area contributed by atoms with E-state index in [0.29, 0.717) is 22.0 Å². The number of halogens is 1. The Balaban J connectivity index is 2.02. The van der Waals surface area contributed by atoms with Gasteiger partial charge in [-0.2, -0.15) is 0 Å². The average Bonchev–Trinajstić information content (AvgIpc) is 2.68.